The normalized spacial score (nSPS) is 16.4. The highest BCUT2D eigenvalue weighted by molar-refractivity contribution is 6.33. The van der Waals surface area contributed by atoms with Gasteiger partial charge in [0.05, 0.1) is 41.0 Å². The summed E-state index contributed by atoms with van der Waals surface area (Å²) in [5.74, 6) is -0.228. The molecule has 4 heterocycles. The first-order valence-corrected chi connectivity index (χ1v) is 17.3. The Morgan fingerprint density at radius 3 is 2.55 bits per heavy atom. The number of aromatic nitrogens is 6. The lowest BCUT2D eigenvalue weighted by molar-refractivity contribution is -0.137. The monoisotopic (exact) mass is 755 g/mol. The Morgan fingerprint density at radius 2 is 1.92 bits per heavy atom. The first-order chi connectivity index (χ1) is 25.3. The zero-order valence-corrected chi connectivity index (χ0v) is 30.0. The Kier molecular flexibility index (Phi) is 10.7. The molecule has 1 saturated heterocycles. The second kappa shape index (κ2) is 15.3. The van der Waals surface area contributed by atoms with Crippen LogP contribution >= 0.6 is 11.6 Å². The maximum absolute atomic E-state index is 14.3. The van der Waals surface area contributed by atoms with Crippen molar-refractivity contribution >= 4 is 46.1 Å². The van der Waals surface area contributed by atoms with Gasteiger partial charge >= 0.3 is 6.18 Å². The standard InChI is InChI=1S/C35H37ClF3N9O5/c1-5-26-29(45-13-15-46(16-14-45)32(50)28-30(52-4)20(3)40-19-41-28)33(51)48-34(43-31(44-48)21-7-10-23(11-8-21)53-6-2)47(26)18-27(49)42-25-12-9-22(17-24(25)36)35(37,38)39/h6-7,9,12,17,19,23H,2,5,8,10-11,13-16,18H2,1,3-4H3,(H,42,49). The third-order valence-electron chi connectivity index (χ3n) is 9.24. The number of aryl methyl sites for hydroxylation is 1. The van der Waals surface area contributed by atoms with Crippen molar-refractivity contribution in [3.8, 4) is 5.75 Å². The zero-order chi connectivity index (χ0) is 38.0. The number of allylic oxidation sites excluding steroid dienone is 1. The number of fused-ring (bicyclic) bond motifs is 1. The minimum Gasteiger partial charge on any atom is -0.498 e. The molecule has 1 aliphatic heterocycles. The molecule has 1 unspecified atom stereocenters. The highest BCUT2D eigenvalue weighted by Crippen LogP contribution is 2.34. The summed E-state index contributed by atoms with van der Waals surface area (Å²) in [6.45, 7) is 7.86. The molecule has 0 saturated carbocycles. The van der Waals surface area contributed by atoms with E-state index < -0.39 is 23.2 Å². The van der Waals surface area contributed by atoms with Gasteiger partial charge in [0.25, 0.3) is 11.5 Å². The molecule has 4 aromatic rings. The molecule has 2 amide bonds. The van der Waals surface area contributed by atoms with Gasteiger partial charge in [0, 0.05) is 32.6 Å². The number of rotatable bonds is 10. The largest absolute Gasteiger partial charge is 0.498 e. The first-order valence-electron chi connectivity index (χ1n) is 16.9. The highest BCUT2D eigenvalue weighted by Gasteiger charge is 2.33. The number of methoxy groups -OCH3 is 1. The van der Waals surface area contributed by atoms with Gasteiger partial charge in [0.1, 0.15) is 24.7 Å². The van der Waals surface area contributed by atoms with Gasteiger partial charge in [0.2, 0.25) is 11.7 Å². The quantitative estimate of drug-likeness (QED) is 0.221. The summed E-state index contributed by atoms with van der Waals surface area (Å²) in [5, 5.41) is 6.92. The van der Waals surface area contributed by atoms with Crippen LogP contribution in [0.3, 0.4) is 0 Å². The Bertz CT molecular complexity index is 2160. The molecule has 6 rings (SSSR count). The molecule has 1 aromatic carbocycles. The lowest BCUT2D eigenvalue weighted by Crippen LogP contribution is -2.51. The molecule has 18 heteroatoms. The summed E-state index contributed by atoms with van der Waals surface area (Å²) >= 11 is 6.14. The van der Waals surface area contributed by atoms with Crippen LogP contribution < -0.4 is 20.5 Å². The van der Waals surface area contributed by atoms with Crippen molar-refractivity contribution in [3.63, 3.8) is 0 Å². The number of ether oxygens (including phenoxy) is 2. The fraction of sp³-hybridized carbons (Fsp3) is 0.400. The summed E-state index contributed by atoms with van der Waals surface area (Å²) in [5.41, 5.74) is 0.835. The maximum Gasteiger partial charge on any atom is 0.416 e. The second-order valence-electron chi connectivity index (χ2n) is 12.5. The minimum atomic E-state index is -4.61. The molecular formula is C35H37ClF3N9O5. The van der Waals surface area contributed by atoms with Crippen LogP contribution in [0.1, 0.15) is 59.5 Å². The van der Waals surface area contributed by atoms with E-state index in [4.69, 9.17) is 26.1 Å². The lowest BCUT2D eigenvalue weighted by atomic mass is 9.97. The Morgan fingerprint density at radius 1 is 1.17 bits per heavy atom. The van der Waals surface area contributed by atoms with Crippen LogP contribution in [0.25, 0.3) is 11.4 Å². The van der Waals surface area contributed by atoms with E-state index in [1.165, 1.54) is 24.2 Å². The van der Waals surface area contributed by atoms with E-state index in [1.54, 1.807) is 16.4 Å². The van der Waals surface area contributed by atoms with E-state index in [1.807, 2.05) is 17.9 Å². The molecule has 1 fully saturated rings. The van der Waals surface area contributed by atoms with Crippen molar-refractivity contribution in [2.24, 2.45) is 0 Å². The number of alkyl halides is 3. The second-order valence-corrected chi connectivity index (χ2v) is 12.9. The summed E-state index contributed by atoms with van der Waals surface area (Å²) < 4.78 is 53.4. The third kappa shape index (κ3) is 7.56. The number of benzene rings is 1. The predicted octanol–water partition coefficient (Wildman–Crippen LogP) is 4.93. The molecule has 1 atom stereocenters. The molecule has 1 N–H and O–H groups in total. The first kappa shape index (κ1) is 37.3. The number of piperazine rings is 1. The van der Waals surface area contributed by atoms with E-state index in [9.17, 15) is 27.6 Å². The van der Waals surface area contributed by atoms with Crippen molar-refractivity contribution in [2.45, 2.75) is 58.4 Å². The van der Waals surface area contributed by atoms with E-state index >= 15 is 0 Å². The van der Waals surface area contributed by atoms with E-state index in [-0.39, 0.29) is 78.4 Å². The number of carbonyl (C=O) groups excluding carboxylic acids is 2. The third-order valence-corrected chi connectivity index (χ3v) is 9.56. The number of nitrogens with one attached hydrogen (secondary N) is 1. The van der Waals surface area contributed by atoms with Gasteiger partial charge in [0.15, 0.2) is 17.3 Å². The molecule has 280 valence electrons. The van der Waals surface area contributed by atoms with Crippen LogP contribution in [0.4, 0.5) is 24.5 Å². The Labute approximate surface area is 306 Å². The molecule has 53 heavy (non-hydrogen) atoms. The molecular weight excluding hydrogens is 719 g/mol. The molecule has 14 nitrogen and oxygen atoms in total. The average Bonchev–Trinajstić information content (AvgIpc) is 3.59. The van der Waals surface area contributed by atoms with Gasteiger partial charge in [-0.15, -0.1) is 5.10 Å². The fourth-order valence-electron chi connectivity index (χ4n) is 6.61. The van der Waals surface area contributed by atoms with E-state index in [2.05, 4.69) is 27.0 Å². The number of anilines is 2. The number of nitrogens with zero attached hydrogens (tertiary/aromatic N) is 8. The van der Waals surface area contributed by atoms with Gasteiger partial charge in [-0.1, -0.05) is 31.2 Å². The summed E-state index contributed by atoms with van der Waals surface area (Å²) in [6.07, 6.45) is 2.16. The summed E-state index contributed by atoms with van der Waals surface area (Å²) in [7, 11) is 1.45. The summed E-state index contributed by atoms with van der Waals surface area (Å²) in [4.78, 5) is 57.8. The number of carbonyl (C=O) groups is 2. The van der Waals surface area contributed by atoms with Crippen molar-refractivity contribution in [2.75, 3.05) is 43.5 Å². The van der Waals surface area contributed by atoms with Crippen molar-refractivity contribution in [1.82, 2.24) is 34.0 Å². The number of amides is 2. The topological polar surface area (TPSA) is 149 Å². The molecule has 0 spiro atoms. The number of hydrogen-bond acceptors (Lipinski definition) is 10. The lowest BCUT2D eigenvalue weighted by Gasteiger charge is -2.36. The zero-order valence-electron chi connectivity index (χ0n) is 29.2. The highest BCUT2D eigenvalue weighted by atomic mass is 35.5. The van der Waals surface area contributed by atoms with Gasteiger partial charge in [-0.3, -0.25) is 14.4 Å². The molecule has 2 aliphatic rings. The average molecular weight is 756 g/mol. The Balaban J connectivity index is 1.35. The smallest absolute Gasteiger partial charge is 0.416 e. The van der Waals surface area contributed by atoms with Crippen LogP contribution in [0.5, 0.6) is 5.75 Å². The fourth-order valence-corrected chi connectivity index (χ4v) is 6.83. The van der Waals surface area contributed by atoms with Crippen molar-refractivity contribution in [1.29, 1.82) is 0 Å². The van der Waals surface area contributed by atoms with E-state index in [0.717, 1.165) is 23.8 Å². The Hall–Kier alpha value is -5.45. The molecule has 0 bridgehead atoms. The molecule has 3 aromatic heterocycles. The van der Waals surface area contributed by atoms with Crippen LogP contribution in [-0.2, 0) is 28.7 Å². The maximum atomic E-state index is 14.3. The number of hydrogen-bond donors (Lipinski definition) is 1. The molecule has 0 radical (unpaired) electrons. The van der Waals surface area contributed by atoms with Crippen LogP contribution in [0, 0.1) is 6.92 Å². The van der Waals surface area contributed by atoms with Crippen LogP contribution in [0.2, 0.25) is 5.02 Å². The molecule has 1 aliphatic carbocycles. The number of halogens is 4. The minimum absolute atomic E-state index is 0.0119. The van der Waals surface area contributed by atoms with Gasteiger partial charge in [-0.2, -0.15) is 22.7 Å². The van der Waals surface area contributed by atoms with Crippen molar-refractivity contribution < 1.29 is 32.2 Å². The van der Waals surface area contributed by atoms with Crippen LogP contribution in [-0.4, -0.2) is 85.2 Å². The van der Waals surface area contributed by atoms with E-state index in [0.29, 0.717) is 42.9 Å². The predicted molar refractivity (Wildman–Crippen MR) is 190 cm³/mol. The van der Waals surface area contributed by atoms with Crippen LogP contribution in [0.15, 0.2) is 48.2 Å². The van der Waals surface area contributed by atoms with Gasteiger partial charge in [-0.25, -0.2) is 9.97 Å². The van der Waals surface area contributed by atoms with Gasteiger partial charge < -0.3 is 29.2 Å². The van der Waals surface area contributed by atoms with Gasteiger partial charge in [-0.05, 0) is 50.0 Å². The SMILES string of the molecule is C=COC1CC=C(c2nc3n(CC(=O)Nc4ccc(C(F)(F)F)cc4Cl)c(CC)c(N4CCN(C(=O)c5ncnc(C)c5OC)CC4)c(=O)n3n2)CC1. The van der Waals surface area contributed by atoms with Crippen molar-refractivity contribution in [3.05, 3.63) is 87.3 Å². The summed E-state index contributed by atoms with van der Waals surface area (Å²) in [6, 6.07) is 2.65.